The van der Waals surface area contributed by atoms with Gasteiger partial charge in [-0.25, -0.2) is 14.0 Å². The van der Waals surface area contributed by atoms with Crippen molar-refractivity contribution in [2.24, 2.45) is 0 Å². The number of nitrogens with zero attached hydrogens (tertiary/aromatic N) is 6. The zero-order valence-electron chi connectivity index (χ0n) is 11.4. The van der Waals surface area contributed by atoms with E-state index in [9.17, 15) is 4.79 Å². The van der Waals surface area contributed by atoms with E-state index in [2.05, 4.69) is 25.5 Å². The van der Waals surface area contributed by atoms with Gasteiger partial charge in [0.2, 0.25) is 5.82 Å². The lowest BCUT2D eigenvalue weighted by atomic mass is 10.2. The summed E-state index contributed by atoms with van der Waals surface area (Å²) >= 11 is 0. The smallest absolute Gasteiger partial charge is 0.291 e. The van der Waals surface area contributed by atoms with Crippen LogP contribution in [0.5, 0.6) is 0 Å². The molecule has 1 N–H and O–H groups in total. The fourth-order valence-corrected chi connectivity index (χ4v) is 2.25. The summed E-state index contributed by atoms with van der Waals surface area (Å²) in [5, 5.41) is 11.1. The van der Waals surface area contributed by atoms with Crippen LogP contribution in [0.4, 0.5) is 0 Å². The maximum atomic E-state index is 12.2. The van der Waals surface area contributed by atoms with E-state index >= 15 is 0 Å². The van der Waals surface area contributed by atoms with Gasteiger partial charge in [0, 0.05) is 31.3 Å². The van der Waals surface area contributed by atoms with Gasteiger partial charge >= 0.3 is 0 Å². The largest absolute Gasteiger partial charge is 0.345 e. The van der Waals surface area contributed by atoms with Crippen LogP contribution in [0.25, 0.3) is 11.3 Å². The predicted molar refractivity (Wildman–Crippen MR) is 77.1 cm³/mol. The summed E-state index contributed by atoms with van der Waals surface area (Å²) in [5.74, 6) is 0.150. The molecule has 4 aromatic heterocycles. The molecular weight excluding hydrogens is 282 g/mol. The number of amides is 1. The Kier molecular flexibility index (Phi) is 2.78. The molecule has 0 radical (unpaired) electrons. The molecular formula is C14H11N7O. The Hall–Kier alpha value is -3.29. The number of carbonyl (C=O) groups excluding carboxylic acids is 1. The van der Waals surface area contributed by atoms with E-state index in [-0.39, 0.29) is 11.7 Å². The highest BCUT2D eigenvalue weighted by Crippen LogP contribution is 2.09. The van der Waals surface area contributed by atoms with E-state index in [1.54, 1.807) is 29.2 Å². The van der Waals surface area contributed by atoms with Gasteiger partial charge in [0.15, 0.2) is 0 Å². The van der Waals surface area contributed by atoms with E-state index in [1.165, 1.54) is 4.52 Å². The van der Waals surface area contributed by atoms with Gasteiger partial charge in [-0.2, -0.15) is 10.1 Å². The standard InChI is InChI=1S/C14H11N7O/c22-13(12-18-14-15-5-2-8-21(14)19-12)16-9-10-3-1-7-20-11(10)4-6-17-20/h1-8H,9H2,(H,16,22). The number of nitrogens with one attached hydrogen (secondary N) is 1. The van der Waals surface area contributed by atoms with E-state index in [0.717, 1.165) is 11.1 Å². The molecule has 0 saturated carbocycles. The molecule has 0 saturated heterocycles. The minimum absolute atomic E-state index is 0.0964. The van der Waals surface area contributed by atoms with Gasteiger partial charge in [-0.1, -0.05) is 6.07 Å². The Balaban J connectivity index is 1.56. The topological polar surface area (TPSA) is 89.5 Å². The SMILES string of the molecule is O=C(NCc1cccn2nccc12)c1nc2ncccn2n1. The van der Waals surface area contributed by atoms with Crippen molar-refractivity contribution in [1.82, 2.24) is 34.5 Å². The molecule has 0 aromatic carbocycles. The third kappa shape index (κ3) is 2.06. The lowest BCUT2D eigenvalue weighted by Gasteiger charge is -2.04. The van der Waals surface area contributed by atoms with Gasteiger partial charge < -0.3 is 5.32 Å². The van der Waals surface area contributed by atoms with Gasteiger partial charge in [0.05, 0.1) is 5.52 Å². The van der Waals surface area contributed by atoms with Crippen molar-refractivity contribution in [2.75, 3.05) is 0 Å². The second kappa shape index (κ2) is 4.92. The molecule has 0 spiro atoms. The summed E-state index contributed by atoms with van der Waals surface area (Å²) in [6.45, 7) is 0.373. The van der Waals surface area contributed by atoms with Gasteiger partial charge in [-0.05, 0) is 23.8 Å². The van der Waals surface area contributed by atoms with Crippen molar-refractivity contribution in [2.45, 2.75) is 6.54 Å². The molecule has 4 aromatic rings. The zero-order valence-corrected chi connectivity index (χ0v) is 11.4. The van der Waals surface area contributed by atoms with E-state index in [1.807, 2.05) is 24.4 Å². The van der Waals surface area contributed by atoms with Crippen molar-refractivity contribution in [3.05, 3.63) is 60.4 Å². The molecule has 4 rings (SSSR count). The first kappa shape index (κ1) is 12.5. The van der Waals surface area contributed by atoms with Crippen LogP contribution >= 0.6 is 0 Å². The normalized spacial score (nSPS) is 11.1. The van der Waals surface area contributed by atoms with Gasteiger partial charge in [0.25, 0.3) is 11.7 Å². The maximum Gasteiger partial charge on any atom is 0.291 e. The monoisotopic (exact) mass is 293 g/mol. The summed E-state index contributed by atoms with van der Waals surface area (Å²) in [5.41, 5.74) is 1.92. The Bertz CT molecular complexity index is 938. The fraction of sp³-hybridized carbons (Fsp3) is 0.0714. The van der Waals surface area contributed by atoms with E-state index < -0.39 is 0 Å². The first-order valence-electron chi connectivity index (χ1n) is 6.68. The van der Waals surface area contributed by atoms with Gasteiger partial charge in [0.1, 0.15) is 0 Å². The lowest BCUT2D eigenvalue weighted by molar-refractivity contribution is 0.0941. The van der Waals surface area contributed by atoms with Crippen molar-refractivity contribution >= 4 is 17.2 Å². The zero-order chi connectivity index (χ0) is 14.9. The Morgan fingerprint density at radius 3 is 2.95 bits per heavy atom. The molecule has 22 heavy (non-hydrogen) atoms. The number of hydrogen-bond donors (Lipinski definition) is 1. The molecule has 0 bridgehead atoms. The molecule has 0 aliphatic carbocycles. The molecule has 1 amide bonds. The minimum atomic E-state index is -0.341. The molecule has 108 valence electrons. The summed E-state index contributed by atoms with van der Waals surface area (Å²) < 4.78 is 3.22. The molecule has 0 aliphatic heterocycles. The summed E-state index contributed by atoms with van der Waals surface area (Å²) in [4.78, 5) is 20.3. The van der Waals surface area contributed by atoms with Crippen molar-refractivity contribution < 1.29 is 4.79 Å². The summed E-state index contributed by atoms with van der Waals surface area (Å²) in [6.07, 6.45) is 6.87. The van der Waals surface area contributed by atoms with Gasteiger partial charge in [-0.3, -0.25) is 4.79 Å². The summed E-state index contributed by atoms with van der Waals surface area (Å²) in [7, 11) is 0. The third-order valence-electron chi connectivity index (χ3n) is 3.28. The van der Waals surface area contributed by atoms with Crippen molar-refractivity contribution in [1.29, 1.82) is 0 Å². The van der Waals surface area contributed by atoms with Crippen LogP contribution in [-0.4, -0.2) is 35.1 Å². The van der Waals surface area contributed by atoms with Crippen LogP contribution in [0, 0.1) is 0 Å². The fourth-order valence-electron chi connectivity index (χ4n) is 2.25. The highest BCUT2D eigenvalue weighted by molar-refractivity contribution is 5.90. The maximum absolute atomic E-state index is 12.2. The van der Waals surface area contributed by atoms with Crippen molar-refractivity contribution in [3.63, 3.8) is 0 Å². The third-order valence-corrected chi connectivity index (χ3v) is 3.28. The van der Waals surface area contributed by atoms with Crippen molar-refractivity contribution in [3.8, 4) is 0 Å². The highest BCUT2D eigenvalue weighted by Gasteiger charge is 2.13. The Morgan fingerprint density at radius 2 is 2.05 bits per heavy atom. The number of pyridine rings is 1. The predicted octanol–water partition coefficient (Wildman–Crippen LogP) is 0.702. The molecule has 0 aliphatic rings. The lowest BCUT2D eigenvalue weighted by Crippen LogP contribution is -2.24. The van der Waals surface area contributed by atoms with Gasteiger partial charge in [-0.15, -0.1) is 5.10 Å². The first-order valence-corrected chi connectivity index (χ1v) is 6.68. The van der Waals surface area contributed by atoms with Crippen LogP contribution in [0.15, 0.2) is 49.1 Å². The second-order valence-electron chi connectivity index (χ2n) is 4.68. The number of aromatic nitrogens is 6. The van der Waals surface area contributed by atoms with E-state index in [0.29, 0.717) is 12.3 Å². The molecule has 8 nitrogen and oxygen atoms in total. The van der Waals surface area contributed by atoms with Crippen LogP contribution in [0.1, 0.15) is 16.2 Å². The van der Waals surface area contributed by atoms with E-state index in [4.69, 9.17) is 0 Å². The molecule has 4 heterocycles. The number of hydrogen-bond acceptors (Lipinski definition) is 5. The first-order chi connectivity index (χ1) is 10.8. The number of fused-ring (bicyclic) bond motifs is 2. The van der Waals surface area contributed by atoms with Crippen LogP contribution in [0.2, 0.25) is 0 Å². The average molecular weight is 293 g/mol. The second-order valence-corrected chi connectivity index (χ2v) is 4.68. The quantitative estimate of drug-likeness (QED) is 0.600. The minimum Gasteiger partial charge on any atom is -0.345 e. The number of rotatable bonds is 3. The Morgan fingerprint density at radius 1 is 1.14 bits per heavy atom. The average Bonchev–Trinajstić information content (AvgIpc) is 3.18. The summed E-state index contributed by atoms with van der Waals surface area (Å²) in [6, 6.07) is 7.45. The molecule has 8 heteroatoms. The molecule has 0 unspecified atom stereocenters. The highest BCUT2D eigenvalue weighted by atomic mass is 16.2. The molecule has 0 atom stereocenters. The Labute approximate surface area is 124 Å². The van der Waals surface area contributed by atoms with Crippen LogP contribution < -0.4 is 5.32 Å². The van der Waals surface area contributed by atoms with Crippen LogP contribution in [-0.2, 0) is 6.54 Å². The van der Waals surface area contributed by atoms with Crippen LogP contribution in [0.3, 0.4) is 0 Å². The number of carbonyl (C=O) groups is 1. The molecule has 0 fully saturated rings.